The van der Waals surface area contributed by atoms with Gasteiger partial charge in [-0.1, -0.05) is 57.2 Å². The molecule has 5 aromatic rings. The maximum Gasteiger partial charge on any atom is 0.250 e. The standard InChI is InChI=1S/C16H24O2Si.C14H11N3O.C10H10O2/c1-16(2,3)19(4,5)18-15-11-7-8-12-13(15)9-6-10-14(12)17;18-12-3-1-2-10-9(12)5-4-8-6-15-14-11(13(8)10)7-16-17-14;11-9-5-1-3-7-8(9)4-2-6-10(7)12/h7-8,11H,6,9-10H2,1-5H3;1-3,6-7,18H,4-5H2,(H,15,16,17);1,3,5,11H,2,4,6H2. The van der Waals surface area contributed by atoms with Gasteiger partial charge in [-0.2, -0.15) is 5.10 Å². The van der Waals surface area contributed by atoms with Crippen molar-refractivity contribution in [3.8, 4) is 28.4 Å². The Bertz CT molecular complexity index is 2040. The third kappa shape index (κ3) is 6.90. The predicted octanol–water partition coefficient (Wildman–Crippen LogP) is 8.93. The minimum Gasteiger partial charge on any atom is -0.543 e. The number of carbonyl (C=O) groups excluding carboxylic acids is 2. The molecule has 0 spiro atoms. The largest absolute Gasteiger partial charge is 0.543 e. The van der Waals surface area contributed by atoms with Gasteiger partial charge in [-0.15, -0.1) is 0 Å². The number of Topliss-reactive ketones (excluding diaryl/α,β-unsaturated/α-hetero) is 2. The second kappa shape index (κ2) is 13.6. The summed E-state index contributed by atoms with van der Waals surface area (Å²) in [6.07, 6.45) is 10.4. The molecule has 2 heterocycles. The molecule has 0 aliphatic heterocycles. The van der Waals surface area contributed by atoms with Crippen molar-refractivity contribution in [3.63, 3.8) is 0 Å². The van der Waals surface area contributed by atoms with Gasteiger partial charge in [0.05, 0.1) is 6.20 Å². The second-order valence-corrected chi connectivity index (χ2v) is 19.3. The molecule has 3 aromatic carbocycles. The van der Waals surface area contributed by atoms with Crippen LogP contribution in [0.4, 0.5) is 0 Å². The fourth-order valence-corrected chi connectivity index (χ4v) is 7.65. The highest BCUT2D eigenvalue weighted by Gasteiger charge is 2.39. The molecule has 8 nitrogen and oxygen atoms in total. The van der Waals surface area contributed by atoms with Crippen LogP contribution < -0.4 is 4.43 Å². The van der Waals surface area contributed by atoms with Crippen molar-refractivity contribution >= 4 is 30.9 Å². The van der Waals surface area contributed by atoms with E-state index in [1.807, 2.05) is 30.5 Å². The molecule has 49 heavy (non-hydrogen) atoms. The maximum absolute atomic E-state index is 12.0. The SMILES string of the molecule is CC(C)(C)[Si](C)(C)Oc1cccc2c1CCCC2=O.O=C1CCCc2c(O)cccc21.Oc1cccc2c1CCc1cnc3[nH]ncc3c1-2. The molecule has 0 atom stereocenters. The van der Waals surface area contributed by atoms with Crippen LogP contribution in [0.15, 0.2) is 67.0 Å². The number of phenols is 2. The molecule has 254 valence electrons. The van der Waals surface area contributed by atoms with Crippen molar-refractivity contribution in [1.82, 2.24) is 15.2 Å². The molecule has 0 unspecified atom stereocenters. The number of carbonyl (C=O) groups is 2. The van der Waals surface area contributed by atoms with Crippen LogP contribution in [0, 0.1) is 0 Å². The highest BCUT2D eigenvalue weighted by atomic mass is 28.4. The predicted molar refractivity (Wildman–Crippen MR) is 195 cm³/mol. The molecule has 2 aromatic heterocycles. The first-order valence-corrected chi connectivity index (χ1v) is 20.1. The minimum absolute atomic E-state index is 0.159. The summed E-state index contributed by atoms with van der Waals surface area (Å²) >= 11 is 0. The molecule has 0 saturated heterocycles. The third-order valence-electron chi connectivity index (χ3n) is 10.3. The molecule has 0 radical (unpaired) electrons. The molecular formula is C40H45N3O5Si. The number of aromatic nitrogens is 3. The highest BCUT2D eigenvalue weighted by molar-refractivity contribution is 6.74. The van der Waals surface area contributed by atoms with E-state index in [0.717, 1.165) is 88.7 Å². The van der Waals surface area contributed by atoms with Crippen molar-refractivity contribution < 1.29 is 24.2 Å². The minimum atomic E-state index is -1.84. The summed E-state index contributed by atoms with van der Waals surface area (Å²) in [5.74, 6) is 2.01. The Kier molecular flexibility index (Phi) is 9.49. The van der Waals surface area contributed by atoms with E-state index >= 15 is 0 Å². The molecule has 0 amide bonds. The molecule has 9 heteroatoms. The fourth-order valence-electron chi connectivity index (χ4n) is 6.61. The van der Waals surface area contributed by atoms with E-state index in [9.17, 15) is 19.8 Å². The lowest BCUT2D eigenvalue weighted by molar-refractivity contribution is 0.0964. The molecule has 0 saturated carbocycles. The summed E-state index contributed by atoms with van der Waals surface area (Å²) < 4.78 is 6.40. The van der Waals surface area contributed by atoms with E-state index in [4.69, 9.17) is 4.43 Å². The first-order valence-electron chi connectivity index (χ1n) is 17.2. The lowest BCUT2D eigenvalue weighted by Crippen LogP contribution is -2.44. The Labute approximate surface area is 288 Å². The first kappa shape index (κ1) is 34.1. The van der Waals surface area contributed by atoms with Crippen LogP contribution in [0.2, 0.25) is 18.1 Å². The first-order chi connectivity index (χ1) is 23.4. The summed E-state index contributed by atoms with van der Waals surface area (Å²) in [4.78, 5) is 27.7. The highest BCUT2D eigenvalue weighted by Crippen LogP contribution is 2.41. The number of aromatic amines is 1. The fraction of sp³-hybridized carbons (Fsp3) is 0.350. The van der Waals surface area contributed by atoms with E-state index < -0.39 is 8.32 Å². The lowest BCUT2D eigenvalue weighted by Gasteiger charge is -2.37. The molecule has 0 bridgehead atoms. The van der Waals surface area contributed by atoms with Gasteiger partial charge in [0, 0.05) is 52.2 Å². The zero-order chi connectivity index (χ0) is 34.9. The monoisotopic (exact) mass is 675 g/mol. The summed E-state index contributed by atoms with van der Waals surface area (Å²) in [5, 5.41) is 27.5. The van der Waals surface area contributed by atoms with Crippen LogP contribution in [0.25, 0.3) is 22.2 Å². The van der Waals surface area contributed by atoms with Gasteiger partial charge in [0.2, 0.25) is 8.32 Å². The van der Waals surface area contributed by atoms with E-state index in [2.05, 4.69) is 55.1 Å². The van der Waals surface area contributed by atoms with Crippen LogP contribution >= 0.6 is 0 Å². The second-order valence-electron chi connectivity index (χ2n) is 14.6. The van der Waals surface area contributed by atoms with Gasteiger partial charge in [0.25, 0.3) is 0 Å². The number of hydrogen-bond donors (Lipinski definition) is 3. The van der Waals surface area contributed by atoms with E-state index in [0.29, 0.717) is 24.2 Å². The number of ketones is 2. The number of aryl methyl sites for hydroxylation is 1. The Hall–Kier alpha value is -4.76. The number of hydrogen-bond acceptors (Lipinski definition) is 7. The number of aromatic hydroxyl groups is 2. The topological polar surface area (TPSA) is 125 Å². The zero-order valence-electron chi connectivity index (χ0n) is 29.0. The van der Waals surface area contributed by atoms with Crippen molar-refractivity contribution in [2.75, 3.05) is 0 Å². The van der Waals surface area contributed by atoms with Gasteiger partial charge in [-0.3, -0.25) is 14.7 Å². The number of phenolic OH excluding ortho intramolecular Hbond substituents is 2. The van der Waals surface area contributed by atoms with Crippen molar-refractivity contribution in [2.45, 2.75) is 90.3 Å². The number of nitrogens with zero attached hydrogens (tertiary/aromatic N) is 2. The summed E-state index contributed by atoms with van der Waals surface area (Å²) in [6, 6.07) is 16.7. The molecule has 3 aliphatic carbocycles. The lowest BCUT2D eigenvalue weighted by atomic mass is 9.85. The Balaban J connectivity index is 0.000000131. The number of H-pyrrole nitrogens is 1. The Morgan fingerprint density at radius 1 is 0.714 bits per heavy atom. The number of rotatable bonds is 2. The zero-order valence-corrected chi connectivity index (χ0v) is 30.0. The number of fused-ring (bicyclic) bond motifs is 7. The van der Waals surface area contributed by atoms with Crippen molar-refractivity contribution in [1.29, 1.82) is 0 Å². The van der Waals surface area contributed by atoms with Gasteiger partial charge in [0.15, 0.2) is 17.2 Å². The van der Waals surface area contributed by atoms with E-state index in [1.165, 1.54) is 5.56 Å². The third-order valence-corrected chi connectivity index (χ3v) is 14.7. The number of pyridine rings is 1. The average Bonchev–Trinajstić information content (AvgIpc) is 3.55. The van der Waals surface area contributed by atoms with Crippen molar-refractivity contribution in [2.24, 2.45) is 0 Å². The number of nitrogens with one attached hydrogen (secondary N) is 1. The summed E-state index contributed by atoms with van der Waals surface area (Å²) in [6.45, 7) is 11.2. The molecule has 3 N–H and O–H groups in total. The van der Waals surface area contributed by atoms with Gasteiger partial charge in [0.1, 0.15) is 17.2 Å². The van der Waals surface area contributed by atoms with Gasteiger partial charge in [-0.25, -0.2) is 4.98 Å². The molecule has 3 aliphatic rings. The van der Waals surface area contributed by atoms with E-state index in [1.54, 1.807) is 30.5 Å². The molecule has 0 fully saturated rings. The summed E-state index contributed by atoms with van der Waals surface area (Å²) in [5.41, 5.74) is 8.85. The maximum atomic E-state index is 12.0. The molecule has 8 rings (SSSR count). The van der Waals surface area contributed by atoms with E-state index in [-0.39, 0.29) is 22.4 Å². The normalized spacial score (nSPS) is 15.0. The summed E-state index contributed by atoms with van der Waals surface area (Å²) in [7, 11) is -1.84. The average molecular weight is 676 g/mol. The van der Waals surface area contributed by atoms with Crippen LogP contribution in [-0.4, -0.2) is 45.3 Å². The van der Waals surface area contributed by atoms with Crippen molar-refractivity contribution in [3.05, 3.63) is 100 Å². The Morgan fingerprint density at radius 2 is 1.29 bits per heavy atom. The van der Waals surface area contributed by atoms with Gasteiger partial charge in [-0.05, 0) is 91.5 Å². The molecular weight excluding hydrogens is 631 g/mol. The van der Waals surface area contributed by atoms with Crippen LogP contribution in [0.1, 0.15) is 89.4 Å². The van der Waals surface area contributed by atoms with Crippen LogP contribution in [0.3, 0.4) is 0 Å². The Morgan fingerprint density at radius 3 is 1.92 bits per heavy atom. The number of benzene rings is 3. The quantitative estimate of drug-likeness (QED) is 0.160. The van der Waals surface area contributed by atoms with Gasteiger partial charge < -0.3 is 14.6 Å². The van der Waals surface area contributed by atoms with Crippen LogP contribution in [0.5, 0.6) is 17.2 Å². The van der Waals surface area contributed by atoms with Gasteiger partial charge >= 0.3 is 0 Å². The smallest absolute Gasteiger partial charge is 0.250 e. The van der Waals surface area contributed by atoms with Crippen LogP contribution in [-0.2, 0) is 25.7 Å².